The monoisotopic (exact) mass is 167 g/mol. The number of hydrogen-bond acceptors (Lipinski definition) is 2. The summed E-state index contributed by atoms with van der Waals surface area (Å²) < 4.78 is 12.6. The van der Waals surface area contributed by atoms with Crippen LogP contribution in [0.2, 0.25) is 0 Å². The van der Waals surface area contributed by atoms with Gasteiger partial charge in [0.05, 0.1) is 0 Å². The van der Waals surface area contributed by atoms with Gasteiger partial charge in [-0.15, -0.1) is 0 Å². The van der Waals surface area contributed by atoms with Crippen molar-refractivity contribution >= 4 is 11.6 Å². The van der Waals surface area contributed by atoms with E-state index < -0.39 is 17.8 Å². The number of benzene rings is 1. The molecule has 0 aromatic heterocycles. The van der Waals surface area contributed by atoms with Crippen LogP contribution in [-0.4, -0.2) is 11.0 Å². The van der Waals surface area contributed by atoms with Crippen molar-refractivity contribution in [3.8, 4) is 0 Å². The Morgan fingerprint density at radius 1 is 1.50 bits per heavy atom. The number of aliphatic hydroxyl groups excluding tert-OH is 1. The number of carbonyl (C=O) groups excluding carboxylic acids is 1. The summed E-state index contributed by atoms with van der Waals surface area (Å²) in [6, 6.07) is 3.81. The predicted octanol–water partition coefficient (Wildman–Crippen LogP) is 0.811. The summed E-state index contributed by atoms with van der Waals surface area (Å²) in [6.45, 7) is 0. The normalized spacial score (nSPS) is 20.5. The van der Waals surface area contributed by atoms with Gasteiger partial charge in [0.25, 0.3) is 5.91 Å². The maximum absolute atomic E-state index is 12.6. The van der Waals surface area contributed by atoms with E-state index in [0.717, 1.165) is 6.07 Å². The number of nitrogens with one attached hydrogen (secondary N) is 1. The van der Waals surface area contributed by atoms with E-state index in [1.54, 1.807) is 0 Å². The minimum absolute atomic E-state index is 0.306. The van der Waals surface area contributed by atoms with Crippen molar-refractivity contribution in [3.05, 3.63) is 29.6 Å². The summed E-state index contributed by atoms with van der Waals surface area (Å²) in [4.78, 5) is 10.9. The smallest absolute Gasteiger partial charge is 0.257 e. The lowest BCUT2D eigenvalue weighted by Gasteiger charge is -1.98. The molecule has 0 saturated heterocycles. The van der Waals surface area contributed by atoms with Crippen LogP contribution in [0.5, 0.6) is 0 Å². The number of amides is 1. The summed E-state index contributed by atoms with van der Waals surface area (Å²) >= 11 is 0. The highest BCUT2D eigenvalue weighted by Crippen LogP contribution is 2.30. The maximum Gasteiger partial charge on any atom is 0.257 e. The zero-order valence-corrected chi connectivity index (χ0v) is 6.04. The molecule has 0 fully saturated rings. The average Bonchev–Trinajstić information content (AvgIpc) is 2.31. The number of carbonyl (C=O) groups is 1. The summed E-state index contributed by atoms with van der Waals surface area (Å²) in [5.74, 6) is -0.958. The number of hydrogen-bond donors (Lipinski definition) is 2. The molecule has 1 heterocycles. The molecule has 2 rings (SSSR count). The molecule has 1 aromatic carbocycles. The van der Waals surface area contributed by atoms with Crippen molar-refractivity contribution in [2.45, 2.75) is 6.10 Å². The highest BCUT2D eigenvalue weighted by molar-refractivity contribution is 6.01. The Balaban J connectivity index is 2.55. The molecule has 1 aromatic rings. The lowest BCUT2D eigenvalue weighted by atomic mass is 10.1. The van der Waals surface area contributed by atoms with Gasteiger partial charge < -0.3 is 10.4 Å². The van der Waals surface area contributed by atoms with Crippen LogP contribution in [0.25, 0.3) is 0 Å². The van der Waals surface area contributed by atoms with E-state index in [9.17, 15) is 14.3 Å². The van der Waals surface area contributed by atoms with Crippen LogP contribution in [0, 0.1) is 5.82 Å². The first-order chi connectivity index (χ1) is 5.68. The molecule has 1 aliphatic rings. The van der Waals surface area contributed by atoms with Crippen LogP contribution in [0.15, 0.2) is 18.2 Å². The average molecular weight is 167 g/mol. The molecule has 1 amide bonds. The van der Waals surface area contributed by atoms with Gasteiger partial charge in [-0.3, -0.25) is 4.79 Å². The van der Waals surface area contributed by atoms with Crippen molar-refractivity contribution in [2.75, 3.05) is 5.32 Å². The van der Waals surface area contributed by atoms with Crippen molar-refractivity contribution < 1.29 is 14.3 Å². The number of fused-ring (bicyclic) bond motifs is 1. The van der Waals surface area contributed by atoms with E-state index >= 15 is 0 Å². The first kappa shape index (κ1) is 7.24. The standard InChI is InChI=1S/C8H6FNO2/c9-4-1-2-6-5(3-4)7(11)8(12)10-6/h1-3,7,11H,(H,10,12)/t7-/m1/s1. The molecule has 0 spiro atoms. The summed E-state index contributed by atoms with van der Waals surface area (Å²) in [6.07, 6.45) is -1.23. The quantitative estimate of drug-likeness (QED) is 0.600. The minimum Gasteiger partial charge on any atom is -0.378 e. The third-order valence-electron chi connectivity index (χ3n) is 1.81. The lowest BCUT2D eigenvalue weighted by molar-refractivity contribution is -0.123. The van der Waals surface area contributed by atoms with Gasteiger partial charge in [-0.2, -0.15) is 0 Å². The molecule has 62 valence electrons. The second-order valence-corrected chi connectivity index (χ2v) is 2.62. The fraction of sp³-hybridized carbons (Fsp3) is 0.125. The molecular formula is C8H6FNO2. The fourth-order valence-electron chi connectivity index (χ4n) is 1.22. The largest absolute Gasteiger partial charge is 0.378 e. The zero-order chi connectivity index (χ0) is 8.72. The molecule has 4 heteroatoms. The number of halogens is 1. The molecule has 0 unspecified atom stereocenters. The van der Waals surface area contributed by atoms with Crippen LogP contribution in [-0.2, 0) is 4.79 Å². The van der Waals surface area contributed by atoms with Crippen LogP contribution in [0.3, 0.4) is 0 Å². The van der Waals surface area contributed by atoms with Gasteiger partial charge in [0.15, 0.2) is 6.10 Å². The minimum atomic E-state index is -1.23. The first-order valence-electron chi connectivity index (χ1n) is 3.47. The second kappa shape index (κ2) is 2.28. The SMILES string of the molecule is O=C1Nc2ccc(F)cc2[C@H]1O. The Bertz CT molecular complexity index is 351. The van der Waals surface area contributed by atoms with Crippen molar-refractivity contribution in [2.24, 2.45) is 0 Å². The van der Waals surface area contributed by atoms with Gasteiger partial charge >= 0.3 is 0 Å². The molecule has 2 N–H and O–H groups in total. The van der Waals surface area contributed by atoms with Gasteiger partial charge in [0.1, 0.15) is 5.82 Å². The fourth-order valence-corrected chi connectivity index (χ4v) is 1.22. The van der Waals surface area contributed by atoms with Gasteiger partial charge in [-0.1, -0.05) is 0 Å². The Morgan fingerprint density at radius 3 is 3.00 bits per heavy atom. The van der Waals surface area contributed by atoms with E-state index in [4.69, 9.17) is 0 Å². The Hall–Kier alpha value is -1.42. The van der Waals surface area contributed by atoms with Gasteiger partial charge in [0, 0.05) is 11.3 Å². The maximum atomic E-state index is 12.6. The Morgan fingerprint density at radius 2 is 2.25 bits per heavy atom. The summed E-state index contributed by atoms with van der Waals surface area (Å²) in [5.41, 5.74) is 0.786. The van der Waals surface area contributed by atoms with Crippen LogP contribution in [0.4, 0.5) is 10.1 Å². The third kappa shape index (κ3) is 0.887. The summed E-state index contributed by atoms with van der Waals surface area (Å²) in [5, 5.41) is 11.6. The van der Waals surface area contributed by atoms with E-state index in [2.05, 4.69) is 5.32 Å². The topological polar surface area (TPSA) is 49.3 Å². The number of rotatable bonds is 0. The molecular weight excluding hydrogens is 161 g/mol. The molecule has 1 aliphatic heterocycles. The molecule has 12 heavy (non-hydrogen) atoms. The predicted molar refractivity (Wildman–Crippen MR) is 40.0 cm³/mol. The van der Waals surface area contributed by atoms with E-state index in [1.807, 2.05) is 0 Å². The Labute approximate surface area is 67.8 Å². The highest BCUT2D eigenvalue weighted by atomic mass is 19.1. The third-order valence-corrected chi connectivity index (χ3v) is 1.81. The number of aliphatic hydroxyl groups is 1. The molecule has 0 aliphatic carbocycles. The highest BCUT2D eigenvalue weighted by Gasteiger charge is 2.28. The molecule has 1 atom stereocenters. The summed E-state index contributed by atoms with van der Waals surface area (Å²) in [7, 11) is 0. The van der Waals surface area contributed by atoms with Gasteiger partial charge in [-0.25, -0.2) is 4.39 Å². The number of anilines is 1. The molecule has 0 radical (unpaired) electrons. The van der Waals surface area contributed by atoms with Crippen molar-refractivity contribution in [1.82, 2.24) is 0 Å². The van der Waals surface area contributed by atoms with E-state index in [-0.39, 0.29) is 0 Å². The second-order valence-electron chi connectivity index (χ2n) is 2.62. The van der Waals surface area contributed by atoms with E-state index in [1.165, 1.54) is 12.1 Å². The van der Waals surface area contributed by atoms with Crippen LogP contribution >= 0.6 is 0 Å². The molecule has 0 bridgehead atoms. The van der Waals surface area contributed by atoms with Crippen LogP contribution < -0.4 is 5.32 Å². The molecule has 0 saturated carbocycles. The van der Waals surface area contributed by atoms with Gasteiger partial charge in [-0.05, 0) is 18.2 Å². The van der Waals surface area contributed by atoms with Crippen molar-refractivity contribution in [3.63, 3.8) is 0 Å². The molecule has 3 nitrogen and oxygen atoms in total. The van der Waals surface area contributed by atoms with Gasteiger partial charge in [0.2, 0.25) is 0 Å². The van der Waals surface area contributed by atoms with E-state index in [0.29, 0.717) is 11.3 Å². The lowest BCUT2D eigenvalue weighted by Crippen LogP contribution is -2.10. The van der Waals surface area contributed by atoms with Crippen LogP contribution in [0.1, 0.15) is 11.7 Å². The first-order valence-corrected chi connectivity index (χ1v) is 3.47. The Kier molecular flexibility index (Phi) is 1.38. The van der Waals surface area contributed by atoms with Crippen molar-refractivity contribution in [1.29, 1.82) is 0 Å². The zero-order valence-electron chi connectivity index (χ0n) is 6.04.